The molecule has 8 heteroatoms. The third-order valence-corrected chi connectivity index (χ3v) is 10.8. The van der Waals surface area contributed by atoms with Gasteiger partial charge in [-0.25, -0.2) is 4.98 Å². The number of aliphatic hydroxyl groups is 1. The van der Waals surface area contributed by atoms with Gasteiger partial charge in [0.25, 0.3) is 5.91 Å². The van der Waals surface area contributed by atoms with Crippen LogP contribution in [0.3, 0.4) is 0 Å². The maximum Gasteiger partial charge on any atom is 0.255 e. The molecule has 3 heterocycles. The smallest absolute Gasteiger partial charge is 0.255 e. The summed E-state index contributed by atoms with van der Waals surface area (Å²) in [4.78, 5) is 23.2. The van der Waals surface area contributed by atoms with E-state index < -0.39 is 5.60 Å². The fraction of sp³-hybridized carbons (Fsp3) is 0.625. The topological polar surface area (TPSA) is 104 Å². The van der Waals surface area contributed by atoms with Gasteiger partial charge in [0.05, 0.1) is 11.2 Å². The van der Waals surface area contributed by atoms with Gasteiger partial charge in [0.2, 0.25) is 0 Å². The molecule has 4 N–H and O–H groups in total. The number of piperazine rings is 1. The van der Waals surface area contributed by atoms with Crippen molar-refractivity contribution in [1.29, 1.82) is 0 Å². The van der Waals surface area contributed by atoms with Gasteiger partial charge < -0.3 is 20.9 Å². The van der Waals surface area contributed by atoms with E-state index >= 15 is 0 Å². The van der Waals surface area contributed by atoms with Crippen LogP contribution in [-0.4, -0.2) is 82.4 Å². The molecule has 2 bridgehead atoms. The second-order valence-electron chi connectivity index (χ2n) is 13.0. The van der Waals surface area contributed by atoms with Crippen molar-refractivity contribution in [3.63, 3.8) is 0 Å². The highest BCUT2D eigenvalue weighted by Crippen LogP contribution is 2.47. The molecule has 40 heavy (non-hydrogen) atoms. The molecule has 1 aromatic heterocycles. The normalized spacial score (nSPS) is 31.3. The first-order valence-electron chi connectivity index (χ1n) is 15.4. The number of benzene rings is 1. The Morgan fingerprint density at radius 1 is 0.950 bits per heavy atom. The molecule has 1 amide bonds. The van der Waals surface area contributed by atoms with Crippen LogP contribution in [0.25, 0.3) is 11.1 Å². The number of hydrogen-bond acceptors (Lipinski definition) is 7. The molecular weight excluding hydrogens is 502 g/mol. The summed E-state index contributed by atoms with van der Waals surface area (Å²) in [5.74, 6) is 0.113. The molecule has 2 saturated heterocycles. The molecular formula is C32H43N5O3. The number of aromatic nitrogens is 1. The van der Waals surface area contributed by atoms with E-state index in [1.807, 2.05) is 6.07 Å². The van der Waals surface area contributed by atoms with Gasteiger partial charge in [0, 0.05) is 68.8 Å². The molecule has 2 aromatic rings. The summed E-state index contributed by atoms with van der Waals surface area (Å²) in [7, 11) is 0. The van der Waals surface area contributed by atoms with Crippen LogP contribution in [-0.2, 0) is 11.2 Å². The van der Waals surface area contributed by atoms with Gasteiger partial charge in [0.1, 0.15) is 5.82 Å². The van der Waals surface area contributed by atoms with E-state index in [0.717, 1.165) is 95.5 Å². The Kier molecular flexibility index (Phi) is 6.85. The average Bonchev–Trinajstić information content (AvgIpc) is 3.42. The van der Waals surface area contributed by atoms with Crippen LogP contribution in [0.15, 0.2) is 30.5 Å². The molecule has 0 radical (unpaired) electrons. The standard InChI is InChI=1S/C32H43N5O3/c33-29-27(30(38)35-31-7-10-32(39,11-8-31)12-9-31)20-24(21-34-29)22-1-3-26-23(19-22)2-4-28(26)37-15-13-36(14-16-37)25-5-17-40-18-6-25/h1,3,19-21,25,28,39H,2,4-18H2,(H2,33,34)(H,35,38). The van der Waals surface area contributed by atoms with Gasteiger partial charge in [-0.1, -0.05) is 18.2 Å². The van der Waals surface area contributed by atoms with Gasteiger partial charge >= 0.3 is 0 Å². The van der Waals surface area contributed by atoms with Crippen molar-refractivity contribution in [2.45, 2.75) is 87.4 Å². The molecule has 3 saturated carbocycles. The number of ether oxygens (including phenoxy) is 1. The van der Waals surface area contributed by atoms with E-state index in [2.05, 4.69) is 38.3 Å². The summed E-state index contributed by atoms with van der Waals surface area (Å²) < 4.78 is 5.57. The number of rotatable bonds is 5. The first-order valence-corrected chi connectivity index (χ1v) is 15.4. The van der Waals surface area contributed by atoms with Crippen molar-refractivity contribution in [2.75, 3.05) is 45.1 Å². The number of hydrogen-bond donors (Lipinski definition) is 3. The molecule has 6 aliphatic rings. The lowest BCUT2D eigenvalue weighted by molar-refractivity contribution is -0.0702. The zero-order valence-corrected chi connectivity index (χ0v) is 23.5. The van der Waals surface area contributed by atoms with Crippen molar-refractivity contribution >= 4 is 11.7 Å². The number of fused-ring (bicyclic) bond motifs is 4. The number of nitrogens with zero attached hydrogens (tertiary/aromatic N) is 3. The van der Waals surface area contributed by atoms with Crippen molar-refractivity contribution in [3.8, 4) is 11.1 Å². The van der Waals surface area contributed by atoms with Crippen molar-refractivity contribution in [1.82, 2.24) is 20.1 Å². The molecule has 1 atom stereocenters. The number of carbonyl (C=O) groups is 1. The Hall–Kier alpha value is -2.52. The Morgan fingerprint density at radius 2 is 1.65 bits per heavy atom. The zero-order valence-electron chi connectivity index (χ0n) is 23.5. The molecule has 4 aliphatic carbocycles. The first kappa shape index (κ1) is 26.4. The van der Waals surface area contributed by atoms with Crippen LogP contribution in [0, 0.1) is 0 Å². The SMILES string of the molecule is Nc1ncc(-c2ccc3c(c2)CCC3N2CCN(C3CCOCC3)CC2)cc1C(=O)NC12CCC(O)(CC1)CC2. The number of nitrogens with one attached hydrogen (secondary N) is 1. The minimum absolute atomic E-state index is 0.152. The summed E-state index contributed by atoms with van der Waals surface area (Å²) in [5.41, 5.74) is 10.8. The molecule has 8 rings (SSSR count). The Morgan fingerprint density at radius 3 is 2.38 bits per heavy atom. The molecule has 1 unspecified atom stereocenters. The quantitative estimate of drug-likeness (QED) is 0.527. The first-order chi connectivity index (χ1) is 19.4. The van der Waals surface area contributed by atoms with E-state index in [9.17, 15) is 9.90 Å². The number of nitrogens with two attached hydrogens (primary N) is 1. The van der Waals surface area contributed by atoms with Crippen LogP contribution < -0.4 is 11.1 Å². The largest absolute Gasteiger partial charge is 0.390 e. The van der Waals surface area contributed by atoms with Crippen LogP contribution in [0.2, 0.25) is 0 Å². The number of amides is 1. The maximum absolute atomic E-state index is 13.4. The van der Waals surface area contributed by atoms with E-state index in [0.29, 0.717) is 17.6 Å². The lowest BCUT2D eigenvalue weighted by Gasteiger charge is -2.51. The zero-order chi connectivity index (χ0) is 27.3. The Labute approximate surface area is 237 Å². The fourth-order valence-corrected chi connectivity index (χ4v) is 8.10. The minimum atomic E-state index is -0.529. The summed E-state index contributed by atoms with van der Waals surface area (Å²) in [6.45, 7) is 6.38. The van der Waals surface area contributed by atoms with Crippen LogP contribution in [0.4, 0.5) is 5.82 Å². The van der Waals surface area contributed by atoms with Gasteiger partial charge in [-0.3, -0.25) is 14.6 Å². The molecule has 214 valence electrons. The van der Waals surface area contributed by atoms with E-state index in [1.165, 1.54) is 30.4 Å². The van der Waals surface area contributed by atoms with Gasteiger partial charge in [-0.2, -0.15) is 0 Å². The lowest BCUT2D eigenvalue weighted by atomic mass is 9.63. The molecule has 8 nitrogen and oxygen atoms in total. The molecule has 1 aromatic carbocycles. The monoisotopic (exact) mass is 545 g/mol. The summed E-state index contributed by atoms with van der Waals surface area (Å²) >= 11 is 0. The number of carbonyl (C=O) groups excluding carboxylic acids is 1. The second kappa shape index (κ2) is 10.4. The fourth-order valence-electron chi connectivity index (χ4n) is 8.10. The van der Waals surface area contributed by atoms with E-state index in [-0.39, 0.29) is 17.3 Å². The molecule has 2 aliphatic heterocycles. The molecule has 0 spiro atoms. The van der Waals surface area contributed by atoms with Crippen LogP contribution in [0.5, 0.6) is 0 Å². The van der Waals surface area contributed by atoms with Crippen molar-refractivity contribution < 1.29 is 14.6 Å². The highest BCUT2D eigenvalue weighted by atomic mass is 16.5. The van der Waals surface area contributed by atoms with Crippen LogP contribution in [0.1, 0.15) is 85.3 Å². The van der Waals surface area contributed by atoms with Crippen LogP contribution >= 0.6 is 0 Å². The third kappa shape index (κ3) is 4.93. The highest BCUT2D eigenvalue weighted by Gasteiger charge is 2.48. The van der Waals surface area contributed by atoms with E-state index in [1.54, 1.807) is 6.20 Å². The van der Waals surface area contributed by atoms with Crippen molar-refractivity contribution in [3.05, 3.63) is 47.2 Å². The highest BCUT2D eigenvalue weighted by molar-refractivity contribution is 6.00. The lowest BCUT2D eigenvalue weighted by Crippen LogP contribution is -2.58. The Balaban J connectivity index is 1.03. The van der Waals surface area contributed by atoms with Gasteiger partial charge in [-0.05, 0) is 87.0 Å². The Bertz CT molecular complexity index is 1240. The van der Waals surface area contributed by atoms with Gasteiger partial charge in [0.15, 0.2) is 0 Å². The molecule has 5 fully saturated rings. The predicted molar refractivity (Wildman–Crippen MR) is 155 cm³/mol. The van der Waals surface area contributed by atoms with Gasteiger partial charge in [-0.15, -0.1) is 0 Å². The third-order valence-electron chi connectivity index (χ3n) is 10.8. The van der Waals surface area contributed by atoms with Crippen molar-refractivity contribution in [2.24, 2.45) is 0 Å². The number of pyridine rings is 1. The maximum atomic E-state index is 13.4. The second-order valence-corrected chi connectivity index (χ2v) is 13.0. The number of anilines is 1. The summed E-state index contributed by atoms with van der Waals surface area (Å²) in [6.07, 6.45) is 11.1. The number of aryl methyl sites for hydroxylation is 1. The average molecular weight is 546 g/mol. The summed E-state index contributed by atoms with van der Waals surface area (Å²) in [6, 6.07) is 9.87. The number of nitrogen functional groups attached to an aromatic ring is 1. The minimum Gasteiger partial charge on any atom is -0.390 e. The predicted octanol–water partition coefficient (Wildman–Crippen LogP) is 3.68. The summed E-state index contributed by atoms with van der Waals surface area (Å²) in [5, 5.41) is 13.9. The van der Waals surface area contributed by atoms with E-state index in [4.69, 9.17) is 10.5 Å².